The van der Waals surface area contributed by atoms with E-state index in [0.717, 1.165) is 92.7 Å². The van der Waals surface area contributed by atoms with Crippen LogP contribution in [0.3, 0.4) is 0 Å². The lowest BCUT2D eigenvalue weighted by Crippen LogP contribution is -2.22. The second-order valence-corrected chi connectivity index (χ2v) is 15.5. The molecule has 12 heteroatoms. The van der Waals surface area contributed by atoms with Crippen molar-refractivity contribution >= 4 is 45.3 Å². The highest BCUT2D eigenvalue weighted by atomic mass is 16.7. The second kappa shape index (κ2) is 14.7. The minimum atomic E-state index is -0.874. The third-order valence-electron chi connectivity index (χ3n) is 11.6. The molecule has 0 atom stereocenters. The van der Waals surface area contributed by atoms with E-state index in [0.29, 0.717) is 30.9 Å². The van der Waals surface area contributed by atoms with Crippen molar-refractivity contribution in [3.63, 3.8) is 0 Å². The van der Waals surface area contributed by atoms with Gasteiger partial charge in [0.1, 0.15) is 11.6 Å². The van der Waals surface area contributed by atoms with E-state index in [1.807, 2.05) is 84.9 Å². The van der Waals surface area contributed by atoms with Gasteiger partial charge in [-0.15, -0.1) is 0 Å². The summed E-state index contributed by atoms with van der Waals surface area (Å²) in [6.07, 6.45) is 4.32. The van der Waals surface area contributed by atoms with Crippen molar-refractivity contribution in [1.82, 2.24) is 9.97 Å². The lowest BCUT2D eigenvalue weighted by atomic mass is 9.87. The first-order valence-corrected chi connectivity index (χ1v) is 19.6. The zero-order chi connectivity index (χ0) is 40.0. The molecular formula is C46H42N2O10. The average molecular weight is 783 g/mol. The Balaban J connectivity index is 0.000000151. The van der Waals surface area contributed by atoms with Gasteiger partial charge in [0, 0.05) is 35.3 Å². The van der Waals surface area contributed by atoms with Crippen LogP contribution in [0, 0.1) is 0 Å². The summed E-state index contributed by atoms with van der Waals surface area (Å²) in [4.78, 5) is 55.3. The number of ketones is 2. The van der Waals surface area contributed by atoms with Crippen molar-refractivity contribution in [2.75, 3.05) is 20.2 Å². The Morgan fingerprint density at radius 2 is 1.05 bits per heavy atom. The monoisotopic (exact) mass is 782 g/mol. The van der Waals surface area contributed by atoms with Crippen molar-refractivity contribution in [2.45, 2.75) is 69.1 Å². The SMILES string of the molecule is CCOC(=O)Cc1cc2cc(CC(=O)C3(c4ccc5c(c4)OCO5)CC3)ccc2[nH]1.O=C(O)Cc1cc2cc(CC(=O)C3(c4ccc5c(c4)OCO5)CC3)ccc2[nH]1. The van der Waals surface area contributed by atoms with Crippen molar-refractivity contribution < 1.29 is 48.0 Å². The molecule has 0 radical (unpaired) electrons. The number of hydrogen-bond donors (Lipinski definition) is 3. The average Bonchev–Trinajstić information content (AvgIpc) is 3.94. The molecule has 2 aliphatic heterocycles. The van der Waals surface area contributed by atoms with E-state index >= 15 is 0 Å². The van der Waals surface area contributed by atoms with Gasteiger partial charge in [0.15, 0.2) is 23.0 Å². The molecule has 2 aliphatic carbocycles. The maximum absolute atomic E-state index is 13.2. The first-order chi connectivity index (χ1) is 28.1. The molecule has 58 heavy (non-hydrogen) atoms. The molecule has 0 bridgehead atoms. The number of hydrogen-bond acceptors (Lipinski definition) is 9. The maximum atomic E-state index is 13.2. The number of H-pyrrole nitrogens is 2. The number of carboxylic acid groups (broad SMARTS) is 1. The van der Waals surface area contributed by atoms with Crippen molar-refractivity contribution in [2.24, 2.45) is 0 Å². The van der Waals surface area contributed by atoms with Crippen LogP contribution in [0.4, 0.5) is 0 Å². The predicted octanol–water partition coefficient (Wildman–Crippen LogP) is 7.21. The topological polar surface area (TPSA) is 166 Å². The summed E-state index contributed by atoms with van der Waals surface area (Å²) in [5, 5.41) is 10.9. The first kappa shape index (κ1) is 37.0. The molecule has 0 unspecified atom stereocenters. The standard InChI is InChI=1S/C24H23NO5.C22H19NO5/c1-2-28-23(27)13-18-11-16-9-15(3-5-19(16)25-18)10-22(26)24(7-8-24)17-4-6-20-21(12-17)30-14-29-20;24-20(22(5-6-22)15-2-4-18-19(10-15)28-12-27-18)8-13-1-3-17-14(7-13)9-16(23-17)11-21(25)26/h3-6,9,11-12,25H,2,7-8,10,13-14H2,1H3;1-4,7,9-10,23H,5-6,8,11-12H2,(H,25,26). The fourth-order valence-electron chi connectivity index (χ4n) is 8.23. The summed E-state index contributed by atoms with van der Waals surface area (Å²) in [6.45, 7) is 2.62. The van der Waals surface area contributed by atoms with Crippen LogP contribution in [0.25, 0.3) is 21.8 Å². The zero-order valence-electron chi connectivity index (χ0n) is 32.0. The molecule has 3 N–H and O–H groups in total. The first-order valence-electron chi connectivity index (χ1n) is 19.6. The highest BCUT2D eigenvalue weighted by molar-refractivity contribution is 5.96. The number of benzene rings is 4. The summed E-state index contributed by atoms with van der Waals surface area (Å²) in [7, 11) is 0. The molecule has 12 nitrogen and oxygen atoms in total. The van der Waals surface area contributed by atoms with Gasteiger partial charge in [0.25, 0.3) is 0 Å². The number of esters is 1. The Hall–Kier alpha value is -6.56. The molecule has 6 aromatic rings. The molecule has 2 saturated carbocycles. The molecule has 2 fully saturated rings. The summed E-state index contributed by atoms with van der Waals surface area (Å²) in [6, 6.07) is 27.1. The summed E-state index contributed by atoms with van der Waals surface area (Å²) >= 11 is 0. The van der Waals surface area contributed by atoms with Crippen LogP contribution < -0.4 is 18.9 Å². The molecule has 0 saturated heterocycles. The van der Waals surface area contributed by atoms with Crippen LogP contribution in [0.15, 0.2) is 84.9 Å². The van der Waals surface area contributed by atoms with Crippen molar-refractivity contribution in [1.29, 1.82) is 0 Å². The third kappa shape index (κ3) is 7.26. The van der Waals surface area contributed by atoms with Crippen LogP contribution in [0.5, 0.6) is 23.0 Å². The van der Waals surface area contributed by atoms with E-state index in [1.54, 1.807) is 6.92 Å². The van der Waals surface area contributed by atoms with Gasteiger partial charge in [-0.25, -0.2) is 0 Å². The highest BCUT2D eigenvalue weighted by Gasteiger charge is 2.51. The normalized spacial score (nSPS) is 16.1. The molecule has 4 aromatic carbocycles. The number of carbonyl (C=O) groups is 4. The lowest BCUT2D eigenvalue weighted by Gasteiger charge is -2.15. The molecule has 4 heterocycles. The number of aliphatic carboxylic acids is 1. The molecule has 0 amide bonds. The van der Waals surface area contributed by atoms with Gasteiger partial charge in [-0.05, 0) is 126 Å². The van der Waals surface area contributed by atoms with Crippen LogP contribution in [-0.4, -0.2) is 58.8 Å². The number of fused-ring (bicyclic) bond motifs is 4. The number of ether oxygens (including phenoxy) is 5. The Morgan fingerprint density at radius 1 is 0.586 bits per heavy atom. The quantitative estimate of drug-likeness (QED) is 0.102. The molecular weight excluding hydrogens is 741 g/mol. The van der Waals surface area contributed by atoms with Gasteiger partial charge in [-0.1, -0.05) is 24.3 Å². The van der Waals surface area contributed by atoms with E-state index in [9.17, 15) is 19.2 Å². The van der Waals surface area contributed by atoms with Crippen LogP contribution >= 0.6 is 0 Å². The Morgan fingerprint density at radius 3 is 1.50 bits per heavy atom. The molecule has 10 rings (SSSR count). The molecule has 296 valence electrons. The van der Waals surface area contributed by atoms with Gasteiger partial charge in [-0.2, -0.15) is 0 Å². The van der Waals surface area contributed by atoms with Crippen LogP contribution in [0.2, 0.25) is 0 Å². The predicted molar refractivity (Wildman–Crippen MR) is 213 cm³/mol. The summed E-state index contributed by atoms with van der Waals surface area (Å²) in [5.74, 6) is 2.18. The van der Waals surface area contributed by atoms with Gasteiger partial charge >= 0.3 is 11.9 Å². The fraction of sp³-hybridized carbons (Fsp3) is 0.304. The Labute approximate surface area is 333 Å². The summed E-state index contributed by atoms with van der Waals surface area (Å²) in [5.41, 5.74) is 6.37. The molecule has 2 aromatic heterocycles. The molecule has 4 aliphatic rings. The van der Waals surface area contributed by atoms with Crippen molar-refractivity contribution in [3.8, 4) is 23.0 Å². The number of rotatable bonds is 13. The smallest absolute Gasteiger partial charge is 0.311 e. The van der Waals surface area contributed by atoms with E-state index in [1.165, 1.54) is 0 Å². The number of carboxylic acids is 1. The highest BCUT2D eigenvalue weighted by Crippen LogP contribution is 2.53. The number of carbonyl (C=O) groups excluding carboxylic acids is 3. The minimum absolute atomic E-state index is 0.0455. The van der Waals surface area contributed by atoms with Gasteiger partial charge in [0.05, 0.1) is 30.3 Å². The van der Waals surface area contributed by atoms with E-state index < -0.39 is 16.8 Å². The largest absolute Gasteiger partial charge is 0.481 e. The Bertz CT molecular complexity index is 2610. The van der Waals surface area contributed by atoms with Gasteiger partial charge in [0.2, 0.25) is 13.6 Å². The van der Waals surface area contributed by atoms with Gasteiger partial charge in [-0.3, -0.25) is 19.2 Å². The fourth-order valence-corrected chi connectivity index (χ4v) is 8.23. The number of Topliss-reactive ketones (excluding diaryl/α,β-unsaturated/α-hetero) is 2. The Kier molecular flexibility index (Phi) is 9.42. The number of nitrogens with one attached hydrogen (secondary N) is 2. The zero-order valence-corrected chi connectivity index (χ0v) is 32.0. The second-order valence-electron chi connectivity index (χ2n) is 15.5. The van der Waals surface area contributed by atoms with E-state index in [2.05, 4.69) is 9.97 Å². The molecule has 0 spiro atoms. The van der Waals surface area contributed by atoms with E-state index in [4.69, 9.17) is 28.8 Å². The van der Waals surface area contributed by atoms with Crippen LogP contribution in [-0.2, 0) is 60.4 Å². The number of aromatic amines is 2. The third-order valence-corrected chi connectivity index (χ3v) is 11.6. The van der Waals surface area contributed by atoms with Crippen molar-refractivity contribution in [3.05, 3.63) is 119 Å². The van der Waals surface area contributed by atoms with Crippen LogP contribution in [0.1, 0.15) is 66.2 Å². The lowest BCUT2D eigenvalue weighted by molar-refractivity contribution is -0.142. The van der Waals surface area contributed by atoms with E-state index in [-0.39, 0.29) is 44.0 Å². The summed E-state index contributed by atoms with van der Waals surface area (Å²) < 4.78 is 26.7. The number of aromatic nitrogens is 2. The van der Waals surface area contributed by atoms with Gasteiger partial charge < -0.3 is 38.8 Å². The minimum Gasteiger partial charge on any atom is -0.481 e. The maximum Gasteiger partial charge on any atom is 0.311 e.